The molecule has 80 valence electrons. The molecular weight excluding hydrogens is 172 g/mol. The van der Waals surface area contributed by atoms with Gasteiger partial charge in [-0.3, -0.25) is 0 Å². The number of allylic oxidation sites excluding steroid dienone is 5. The first kappa shape index (κ1) is 13.2. The highest BCUT2D eigenvalue weighted by molar-refractivity contribution is 5.23. The largest absolute Gasteiger partial charge is 0.392 e. The van der Waals surface area contributed by atoms with E-state index in [0.29, 0.717) is 0 Å². The minimum atomic E-state index is 0.109. The second kappa shape index (κ2) is 5.82. The lowest BCUT2D eigenvalue weighted by molar-refractivity contribution is 0.342. The van der Waals surface area contributed by atoms with Gasteiger partial charge in [0, 0.05) is 0 Å². The molecule has 0 saturated carbocycles. The maximum Gasteiger partial charge on any atom is 0.0617 e. The molecule has 0 fully saturated rings. The molecule has 0 aromatic rings. The molecule has 0 rings (SSSR count). The Morgan fingerprint density at radius 2 is 1.79 bits per heavy atom. The molecule has 0 saturated heterocycles. The molecule has 0 radical (unpaired) electrons. The molecule has 0 bridgehead atoms. The minimum absolute atomic E-state index is 0.109. The smallest absolute Gasteiger partial charge is 0.0617 e. The zero-order valence-corrected chi connectivity index (χ0v) is 9.96. The Labute approximate surface area is 87.8 Å². The zero-order valence-electron chi connectivity index (χ0n) is 9.96. The van der Waals surface area contributed by atoms with Crippen LogP contribution in [0.4, 0.5) is 0 Å². The molecule has 0 aliphatic carbocycles. The van der Waals surface area contributed by atoms with Gasteiger partial charge in [-0.05, 0) is 19.3 Å². The predicted molar refractivity (Wildman–Crippen MR) is 63.2 cm³/mol. The van der Waals surface area contributed by atoms with Gasteiger partial charge in [0.15, 0.2) is 0 Å². The van der Waals surface area contributed by atoms with Crippen molar-refractivity contribution < 1.29 is 5.11 Å². The topological polar surface area (TPSA) is 20.2 Å². The van der Waals surface area contributed by atoms with E-state index in [1.807, 2.05) is 19.1 Å². The third kappa shape index (κ3) is 5.76. The second-order valence-corrected chi connectivity index (χ2v) is 4.59. The maximum atomic E-state index is 8.65. The van der Waals surface area contributed by atoms with E-state index >= 15 is 0 Å². The van der Waals surface area contributed by atoms with Crippen LogP contribution in [0.1, 0.15) is 34.6 Å². The maximum absolute atomic E-state index is 8.65. The summed E-state index contributed by atoms with van der Waals surface area (Å²) >= 11 is 0. The molecule has 0 unspecified atom stereocenters. The molecule has 1 N–H and O–H groups in total. The Morgan fingerprint density at radius 3 is 2.21 bits per heavy atom. The van der Waals surface area contributed by atoms with Gasteiger partial charge in [-0.25, -0.2) is 0 Å². The fraction of sp³-hybridized carbons (Fsp3) is 0.538. The van der Waals surface area contributed by atoms with Crippen molar-refractivity contribution in [2.24, 2.45) is 5.41 Å². The molecule has 1 nitrogen and oxygen atoms in total. The molecule has 0 amide bonds. The summed E-state index contributed by atoms with van der Waals surface area (Å²) in [6, 6.07) is 0. The summed E-state index contributed by atoms with van der Waals surface area (Å²) in [7, 11) is 0. The van der Waals surface area contributed by atoms with Gasteiger partial charge in [0.25, 0.3) is 0 Å². The molecule has 0 atom stereocenters. The summed E-state index contributed by atoms with van der Waals surface area (Å²) in [6.07, 6.45) is 7.94. The van der Waals surface area contributed by atoms with Crippen LogP contribution in [0.3, 0.4) is 0 Å². The van der Waals surface area contributed by atoms with Crippen LogP contribution in [-0.4, -0.2) is 11.7 Å². The lowest BCUT2D eigenvalue weighted by Gasteiger charge is -2.18. The normalized spacial score (nSPS) is 15.3. The van der Waals surface area contributed by atoms with Gasteiger partial charge < -0.3 is 5.11 Å². The predicted octanol–water partition coefficient (Wildman–Crippen LogP) is 3.47. The van der Waals surface area contributed by atoms with Gasteiger partial charge in [-0.2, -0.15) is 0 Å². The van der Waals surface area contributed by atoms with Crippen molar-refractivity contribution in [2.45, 2.75) is 34.6 Å². The molecular formula is C13H22O. The van der Waals surface area contributed by atoms with E-state index in [1.54, 1.807) is 6.08 Å². The Balaban J connectivity index is 4.36. The molecule has 0 aromatic heterocycles. The lowest BCUT2D eigenvalue weighted by Crippen LogP contribution is -2.05. The van der Waals surface area contributed by atoms with E-state index in [4.69, 9.17) is 5.11 Å². The van der Waals surface area contributed by atoms with E-state index in [9.17, 15) is 0 Å². The average Bonchev–Trinajstić information content (AvgIpc) is 2.02. The van der Waals surface area contributed by atoms with Gasteiger partial charge in [0.05, 0.1) is 6.61 Å². The summed E-state index contributed by atoms with van der Waals surface area (Å²) in [5.41, 5.74) is 2.68. The van der Waals surface area contributed by atoms with Crippen molar-refractivity contribution in [1.82, 2.24) is 0 Å². The van der Waals surface area contributed by atoms with Crippen LogP contribution in [0.5, 0.6) is 0 Å². The number of hydrogen-bond acceptors (Lipinski definition) is 1. The Bertz CT molecular complexity index is 249. The Hall–Kier alpha value is -0.820. The quantitative estimate of drug-likeness (QED) is 0.682. The van der Waals surface area contributed by atoms with Crippen molar-refractivity contribution >= 4 is 0 Å². The minimum Gasteiger partial charge on any atom is -0.392 e. The van der Waals surface area contributed by atoms with Gasteiger partial charge in [0.2, 0.25) is 0 Å². The summed E-state index contributed by atoms with van der Waals surface area (Å²) < 4.78 is 0. The van der Waals surface area contributed by atoms with Crippen molar-refractivity contribution in [1.29, 1.82) is 0 Å². The van der Waals surface area contributed by atoms with E-state index in [-0.39, 0.29) is 12.0 Å². The van der Waals surface area contributed by atoms with E-state index in [1.165, 1.54) is 5.57 Å². The first-order valence-electron chi connectivity index (χ1n) is 5.01. The summed E-state index contributed by atoms with van der Waals surface area (Å²) in [6.45, 7) is 10.8. The van der Waals surface area contributed by atoms with Crippen LogP contribution in [0.2, 0.25) is 0 Å². The van der Waals surface area contributed by atoms with E-state index in [2.05, 4.69) is 33.8 Å². The van der Waals surface area contributed by atoms with Crippen molar-refractivity contribution in [3.8, 4) is 0 Å². The van der Waals surface area contributed by atoms with E-state index < -0.39 is 0 Å². The summed E-state index contributed by atoms with van der Waals surface area (Å²) in [4.78, 5) is 0. The third-order valence-corrected chi connectivity index (χ3v) is 2.30. The average molecular weight is 194 g/mol. The van der Waals surface area contributed by atoms with Crippen LogP contribution < -0.4 is 0 Å². The molecule has 1 heteroatoms. The molecule has 0 spiro atoms. The standard InChI is InChI=1S/C13H22O/c1-11(9-10-14)7-6-8-12(2)13(3,4)5/h6-9,14H,10H2,1-5H3/b7-6+,11-9+,12-8+. The summed E-state index contributed by atoms with van der Waals surface area (Å²) in [5.74, 6) is 0. The van der Waals surface area contributed by atoms with Crippen molar-refractivity contribution in [3.05, 3.63) is 35.5 Å². The van der Waals surface area contributed by atoms with Crippen molar-refractivity contribution in [2.75, 3.05) is 6.61 Å². The van der Waals surface area contributed by atoms with Gasteiger partial charge in [-0.15, -0.1) is 0 Å². The van der Waals surface area contributed by atoms with Crippen molar-refractivity contribution in [3.63, 3.8) is 0 Å². The number of aliphatic hydroxyl groups excluding tert-OH is 1. The van der Waals surface area contributed by atoms with E-state index in [0.717, 1.165) is 5.57 Å². The first-order chi connectivity index (χ1) is 6.38. The van der Waals surface area contributed by atoms with Gasteiger partial charge in [0.1, 0.15) is 0 Å². The monoisotopic (exact) mass is 194 g/mol. The lowest BCUT2D eigenvalue weighted by atomic mass is 9.87. The zero-order chi connectivity index (χ0) is 11.2. The molecule has 0 aliphatic heterocycles. The fourth-order valence-electron chi connectivity index (χ4n) is 0.806. The Morgan fingerprint density at radius 1 is 1.21 bits per heavy atom. The van der Waals surface area contributed by atoms with Crippen LogP contribution in [-0.2, 0) is 0 Å². The van der Waals surface area contributed by atoms with Gasteiger partial charge in [-0.1, -0.05) is 56.2 Å². The number of hydrogen-bond donors (Lipinski definition) is 1. The third-order valence-electron chi connectivity index (χ3n) is 2.30. The molecule has 14 heavy (non-hydrogen) atoms. The second-order valence-electron chi connectivity index (χ2n) is 4.59. The van der Waals surface area contributed by atoms with Crippen LogP contribution in [0.25, 0.3) is 0 Å². The fourth-order valence-corrected chi connectivity index (χ4v) is 0.806. The highest BCUT2D eigenvalue weighted by atomic mass is 16.2. The number of aliphatic hydroxyl groups is 1. The summed E-state index contributed by atoms with van der Waals surface area (Å²) in [5, 5.41) is 8.65. The van der Waals surface area contributed by atoms with Crippen LogP contribution >= 0.6 is 0 Å². The molecule has 0 aliphatic rings. The van der Waals surface area contributed by atoms with Crippen LogP contribution in [0, 0.1) is 5.41 Å². The first-order valence-corrected chi connectivity index (χ1v) is 5.01. The Kier molecular flexibility index (Phi) is 5.47. The highest BCUT2D eigenvalue weighted by Crippen LogP contribution is 2.24. The van der Waals surface area contributed by atoms with Gasteiger partial charge >= 0.3 is 0 Å². The van der Waals surface area contributed by atoms with Crippen LogP contribution in [0.15, 0.2) is 35.5 Å². The highest BCUT2D eigenvalue weighted by Gasteiger charge is 2.10. The molecule has 0 heterocycles. The molecule has 0 aromatic carbocycles. The SMILES string of the molecule is CC(/C=C/C=C(\C)C(C)(C)C)=C\CO. The number of rotatable bonds is 3.